The summed E-state index contributed by atoms with van der Waals surface area (Å²) < 4.78 is 53.4. The molecule has 4 rings (SSSR count). The molecule has 22 heteroatoms. The Morgan fingerprint density at radius 3 is 2.66 bits per heavy atom. The summed E-state index contributed by atoms with van der Waals surface area (Å²) in [6.45, 7) is 1.24. The van der Waals surface area contributed by atoms with E-state index in [9.17, 15) is 28.3 Å². The second kappa shape index (κ2) is 9.15. The Labute approximate surface area is 195 Å². The van der Waals surface area contributed by atoms with Gasteiger partial charge in [0, 0.05) is 12.8 Å². The van der Waals surface area contributed by atoms with Gasteiger partial charge in [-0.05, 0) is 6.92 Å². The van der Waals surface area contributed by atoms with Crippen LogP contribution in [0.25, 0.3) is 0 Å². The van der Waals surface area contributed by atoms with Crippen molar-refractivity contribution in [3.05, 3.63) is 0 Å². The van der Waals surface area contributed by atoms with E-state index in [1.807, 2.05) is 0 Å². The smallest absolute Gasteiger partial charge is 0.346 e. The summed E-state index contributed by atoms with van der Waals surface area (Å²) in [7, 11) is -16.7. The number of amidine groups is 1. The molecule has 4 aliphatic heterocycles. The molecule has 0 aromatic heterocycles. The van der Waals surface area contributed by atoms with Gasteiger partial charge in [0.05, 0.1) is 19.0 Å². The maximum atomic E-state index is 12.3. The first-order valence-electron chi connectivity index (χ1n) is 9.68. The molecular formula is C13H20N5O14P3. The predicted molar refractivity (Wildman–Crippen MR) is 109 cm³/mol. The van der Waals surface area contributed by atoms with Gasteiger partial charge in [-0.1, -0.05) is 0 Å². The molecule has 2 fully saturated rings. The largest absolute Gasteiger partial charge is 0.490 e. The van der Waals surface area contributed by atoms with Gasteiger partial charge >= 0.3 is 23.5 Å². The van der Waals surface area contributed by atoms with E-state index in [1.54, 1.807) is 0 Å². The van der Waals surface area contributed by atoms with Crippen molar-refractivity contribution in [3.8, 4) is 0 Å². The van der Waals surface area contributed by atoms with E-state index >= 15 is 0 Å². The van der Waals surface area contributed by atoms with E-state index in [-0.39, 0.29) is 25.3 Å². The molecule has 0 aromatic carbocycles. The number of carbonyl (C=O) groups excluding carboxylic acids is 1. The number of guanidine groups is 1. The summed E-state index contributed by atoms with van der Waals surface area (Å²) >= 11 is 0. The molecular weight excluding hydrogens is 543 g/mol. The summed E-state index contributed by atoms with van der Waals surface area (Å²) in [6, 6.07) is -1.03. The van der Waals surface area contributed by atoms with Gasteiger partial charge in [-0.2, -0.15) is 13.6 Å². The lowest BCUT2D eigenvalue weighted by Crippen LogP contribution is -2.53. The van der Waals surface area contributed by atoms with Gasteiger partial charge in [-0.15, -0.1) is 0 Å². The molecule has 4 aliphatic rings. The zero-order valence-electron chi connectivity index (χ0n) is 17.6. The van der Waals surface area contributed by atoms with Crippen LogP contribution < -0.4 is 5.32 Å². The number of amides is 1. The number of phosphoric ester groups is 1. The molecule has 0 spiro atoms. The fraction of sp³-hybridized carbons (Fsp3) is 0.692. The minimum absolute atomic E-state index is 0.000526. The van der Waals surface area contributed by atoms with Gasteiger partial charge in [-0.3, -0.25) is 29.9 Å². The predicted octanol–water partition coefficient (Wildman–Crippen LogP) is -0.901. The average molecular weight is 563 g/mol. The van der Waals surface area contributed by atoms with E-state index in [0.717, 1.165) is 0 Å². The van der Waals surface area contributed by atoms with Crippen molar-refractivity contribution in [2.75, 3.05) is 6.61 Å². The van der Waals surface area contributed by atoms with Crippen molar-refractivity contribution in [2.45, 2.75) is 49.8 Å². The molecule has 4 heterocycles. The molecule has 4 unspecified atom stereocenters. The number of carbonyl (C=O) groups is 1. The summed E-state index contributed by atoms with van der Waals surface area (Å²) in [5.41, 5.74) is -1.41. The molecule has 2 saturated heterocycles. The Balaban J connectivity index is 1.52. The van der Waals surface area contributed by atoms with Crippen LogP contribution in [0, 0.1) is 5.41 Å². The molecule has 196 valence electrons. The second-order valence-corrected chi connectivity index (χ2v) is 12.1. The van der Waals surface area contributed by atoms with Crippen molar-refractivity contribution in [2.24, 2.45) is 9.98 Å². The number of aliphatic imine (C=N–C) groups is 2. The van der Waals surface area contributed by atoms with Gasteiger partial charge in [0.1, 0.15) is 11.7 Å². The van der Waals surface area contributed by atoms with Crippen molar-refractivity contribution >= 4 is 47.5 Å². The Hall–Kier alpha value is -1.43. The summed E-state index contributed by atoms with van der Waals surface area (Å²) in [5, 5.41) is 9.88. The highest BCUT2D eigenvalue weighted by Crippen LogP contribution is 2.67. The molecule has 6 N–H and O–H groups in total. The number of fused-ring (bicyclic) bond motifs is 3. The van der Waals surface area contributed by atoms with Gasteiger partial charge in [-0.25, -0.2) is 23.5 Å². The zero-order chi connectivity index (χ0) is 25.8. The van der Waals surface area contributed by atoms with Crippen LogP contribution in [-0.2, 0) is 46.1 Å². The first-order valence-corrected chi connectivity index (χ1v) is 14.2. The van der Waals surface area contributed by atoms with Gasteiger partial charge in [0.25, 0.3) is 5.91 Å². The van der Waals surface area contributed by atoms with Crippen LogP contribution in [0.2, 0.25) is 0 Å². The molecule has 0 aliphatic carbocycles. The lowest BCUT2D eigenvalue weighted by Gasteiger charge is -2.36. The Kier molecular flexibility index (Phi) is 6.96. The topological polar surface area (TPSA) is 268 Å². The van der Waals surface area contributed by atoms with Crippen molar-refractivity contribution in [1.29, 1.82) is 5.41 Å². The lowest BCUT2D eigenvalue weighted by atomic mass is 9.90. The quantitative estimate of drug-likeness (QED) is 0.154. The Morgan fingerprint density at radius 2 is 1.97 bits per heavy atom. The minimum Gasteiger partial charge on any atom is -0.346 e. The van der Waals surface area contributed by atoms with E-state index in [0.29, 0.717) is 0 Å². The first kappa shape index (κ1) is 26.6. The average Bonchev–Trinajstić information content (AvgIpc) is 3.15. The highest BCUT2D eigenvalue weighted by atomic mass is 31.3. The third-order valence-corrected chi connectivity index (χ3v) is 9.22. The van der Waals surface area contributed by atoms with E-state index in [1.165, 1.54) is 18.2 Å². The Bertz CT molecular complexity index is 1130. The minimum atomic E-state index is -5.71. The molecule has 35 heavy (non-hydrogen) atoms. The van der Waals surface area contributed by atoms with Crippen molar-refractivity contribution < 1.29 is 65.7 Å². The van der Waals surface area contributed by atoms with E-state index < -0.39 is 65.4 Å². The summed E-state index contributed by atoms with van der Waals surface area (Å²) in [5.74, 6) is -0.915. The zero-order valence-corrected chi connectivity index (χ0v) is 20.2. The fourth-order valence-electron chi connectivity index (χ4n) is 3.93. The number of rotatable bonds is 8. The van der Waals surface area contributed by atoms with Crippen LogP contribution in [0.15, 0.2) is 9.98 Å². The van der Waals surface area contributed by atoms with Crippen LogP contribution >= 0.6 is 23.5 Å². The third kappa shape index (κ3) is 5.78. The normalized spacial score (nSPS) is 34.9. The Morgan fingerprint density at radius 1 is 1.26 bits per heavy atom. The highest BCUT2D eigenvalue weighted by molar-refractivity contribution is 7.66. The number of hydrogen-bond acceptors (Lipinski definition) is 13. The second-order valence-electron chi connectivity index (χ2n) is 7.70. The molecule has 7 atom stereocenters. The fourth-order valence-corrected chi connectivity index (χ4v) is 7.18. The van der Waals surface area contributed by atoms with Gasteiger partial charge < -0.3 is 24.3 Å². The SMILES string of the molecule is CC(OP(=O)(O)OP(=O)(O)OP(=O)(O)O)[C@]12CCOO[C@H](C1)[C@H](N1C=NC3C(=O)NC(=N)N=C31)O2. The number of nitrogens with one attached hydrogen (secondary N) is 2. The van der Waals surface area contributed by atoms with E-state index in [4.69, 9.17) is 34.2 Å². The number of nitrogens with zero attached hydrogens (tertiary/aromatic N) is 3. The summed E-state index contributed by atoms with van der Waals surface area (Å²) in [6.07, 6.45) is -1.95. The lowest BCUT2D eigenvalue weighted by molar-refractivity contribution is -0.341. The van der Waals surface area contributed by atoms with Gasteiger partial charge in [0.2, 0.25) is 5.96 Å². The van der Waals surface area contributed by atoms with E-state index in [2.05, 4.69) is 23.9 Å². The van der Waals surface area contributed by atoms with Crippen molar-refractivity contribution in [3.63, 3.8) is 0 Å². The number of ether oxygens (including phenoxy) is 1. The van der Waals surface area contributed by atoms with Crippen LogP contribution in [0.1, 0.15) is 19.8 Å². The third-order valence-electron chi connectivity index (χ3n) is 5.31. The first-order chi connectivity index (χ1) is 16.1. The molecule has 1 amide bonds. The van der Waals surface area contributed by atoms with Crippen LogP contribution in [0.5, 0.6) is 0 Å². The van der Waals surface area contributed by atoms with Crippen molar-refractivity contribution in [1.82, 2.24) is 10.2 Å². The monoisotopic (exact) mass is 563 g/mol. The highest BCUT2D eigenvalue weighted by Gasteiger charge is 2.58. The summed E-state index contributed by atoms with van der Waals surface area (Å²) in [4.78, 5) is 68.5. The molecule has 19 nitrogen and oxygen atoms in total. The maximum absolute atomic E-state index is 12.3. The standard InChI is InChI=1S/C13H20N5O14P3/c1-6(30-34(23,24)32-35(25,26)31-33(20,21)22)13-2-3-27-29-7(4-13)11(28-13)18-5-15-8-9(18)16-12(14)17-10(8)19/h5-8,11H,2-4H2,1H3,(H,23,24)(H,25,26)(H2,14,17,19)(H2,20,21,22)/t6?,7-,8?,11-,13+/m1/s1. The van der Waals surface area contributed by atoms with Gasteiger partial charge in [0.15, 0.2) is 18.1 Å². The molecule has 2 bridgehead atoms. The molecule has 0 saturated carbocycles. The molecule has 0 aromatic rings. The van der Waals surface area contributed by atoms with Crippen LogP contribution in [0.4, 0.5) is 0 Å². The van der Waals surface area contributed by atoms with Crippen LogP contribution in [-0.4, -0.2) is 85.2 Å². The van der Waals surface area contributed by atoms with Crippen LogP contribution in [0.3, 0.4) is 0 Å². The number of hydrogen-bond donors (Lipinski definition) is 6. The number of phosphoric acid groups is 3. The molecule has 0 radical (unpaired) electrons. The maximum Gasteiger partial charge on any atom is 0.490 e.